The highest BCUT2D eigenvalue weighted by molar-refractivity contribution is 7.25. The first kappa shape index (κ1) is 32.0. The van der Waals surface area contributed by atoms with Gasteiger partial charge in [-0.1, -0.05) is 121 Å². The van der Waals surface area contributed by atoms with Crippen molar-refractivity contribution in [3.05, 3.63) is 199 Å². The number of nitrogens with one attached hydrogen (secondary N) is 1. The van der Waals surface area contributed by atoms with E-state index in [0.717, 1.165) is 61.3 Å². The van der Waals surface area contributed by atoms with Crippen LogP contribution < -0.4 is 5.32 Å². The molecule has 1 aliphatic rings. The number of fused-ring (bicyclic) bond motifs is 9. The highest BCUT2D eigenvalue weighted by Crippen LogP contribution is 2.42. The fourth-order valence-electron chi connectivity index (χ4n) is 8.56. The fourth-order valence-corrected chi connectivity index (χ4v) is 9.63. The average molecular weight is 749 g/mol. The van der Waals surface area contributed by atoms with Gasteiger partial charge in [0, 0.05) is 64.1 Å². The summed E-state index contributed by atoms with van der Waals surface area (Å²) in [7, 11) is 0. The van der Waals surface area contributed by atoms with Crippen molar-refractivity contribution in [2.45, 2.75) is 6.17 Å². The molecule has 1 unspecified atom stereocenters. The largest absolute Gasteiger partial charge is 0.455 e. The number of thiophene rings is 1. The summed E-state index contributed by atoms with van der Waals surface area (Å²) in [6, 6.07) is 64.4. The molecule has 268 valence electrons. The standard InChI is InChI=1S/C51H32N4OS/c1-3-12-31(13-4-1)49-52-50(32-14-5-2-6-15-32)54-51(53-49)34-22-25-45-40(29-34)39-19-11-18-36(48(39)56-45)33-23-26-46-41(28-33)42-30-35(24-27-47(42)57-46)55-43-20-9-7-16-37(43)38-17-8-10-21-44(38)55/h1-30,49H,(H,52,53,54). The van der Waals surface area contributed by atoms with Crippen LogP contribution in [0, 0.1) is 0 Å². The van der Waals surface area contributed by atoms with E-state index in [9.17, 15) is 0 Å². The predicted molar refractivity (Wildman–Crippen MR) is 238 cm³/mol. The Balaban J connectivity index is 0.965. The van der Waals surface area contributed by atoms with Crippen LogP contribution >= 0.6 is 11.3 Å². The molecule has 0 bridgehead atoms. The van der Waals surface area contributed by atoms with E-state index in [1.54, 1.807) is 0 Å². The van der Waals surface area contributed by atoms with Crippen LogP contribution in [0.5, 0.6) is 0 Å². The zero-order valence-electron chi connectivity index (χ0n) is 30.6. The number of hydrogen-bond acceptors (Lipinski definition) is 5. The van der Waals surface area contributed by atoms with Crippen molar-refractivity contribution in [2.24, 2.45) is 9.98 Å². The summed E-state index contributed by atoms with van der Waals surface area (Å²) in [4.78, 5) is 10.1. The van der Waals surface area contributed by atoms with Crippen molar-refractivity contribution in [1.29, 1.82) is 0 Å². The molecule has 0 amide bonds. The van der Waals surface area contributed by atoms with Gasteiger partial charge in [-0.15, -0.1) is 11.3 Å². The van der Waals surface area contributed by atoms with Gasteiger partial charge in [0.2, 0.25) is 0 Å². The van der Waals surface area contributed by atoms with Gasteiger partial charge >= 0.3 is 0 Å². The minimum atomic E-state index is -0.265. The number of aromatic nitrogens is 1. The van der Waals surface area contributed by atoms with Gasteiger partial charge in [0.25, 0.3) is 0 Å². The maximum absolute atomic E-state index is 6.71. The summed E-state index contributed by atoms with van der Waals surface area (Å²) in [5.41, 5.74) is 10.5. The first-order chi connectivity index (χ1) is 28.2. The van der Waals surface area contributed by atoms with E-state index in [1.165, 1.54) is 42.0 Å². The molecule has 11 aromatic rings. The number of hydrogen-bond donors (Lipinski definition) is 1. The van der Waals surface area contributed by atoms with Crippen LogP contribution in [0.1, 0.15) is 22.9 Å². The van der Waals surface area contributed by atoms with Crippen LogP contribution in [0.3, 0.4) is 0 Å². The quantitative estimate of drug-likeness (QED) is 0.191. The van der Waals surface area contributed by atoms with Gasteiger partial charge in [-0.2, -0.15) is 0 Å². The number of benzene rings is 8. The molecule has 0 saturated carbocycles. The van der Waals surface area contributed by atoms with Gasteiger partial charge in [0.1, 0.15) is 23.2 Å². The number of aliphatic imine (C=N–C) groups is 2. The van der Waals surface area contributed by atoms with E-state index in [4.69, 9.17) is 14.4 Å². The third-order valence-corrected chi connectivity index (χ3v) is 12.4. The minimum Gasteiger partial charge on any atom is -0.455 e. The Morgan fingerprint density at radius 2 is 1.16 bits per heavy atom. The Bertz CT molecular complexity index is 3390. The second-order valence-corrected chi connectivity index (χ2v) is 15.7. The van der Waals surface area contributed by atoms with E-state index in [1.807, 2.05) is 47.7 Å². The number of nitrogens with zero attached hydrogens (tertiary/aromatic N) is 3. The lowest BCUT2D eigenvalue weighted by molar-refractivity contribution is 0.669. The van der Waals surface area contributed by atoms with Crippen molar-refractivity contribution in [3.63, 3.8) is 0 Å². The Hall–Kier alpha value is -7.28. The normalized spacial score (nSPS) is 14.5. The molecule has 3 aromatic heterocycles. The second kappa shape index (κ2) is 12.6. The number of rotatable bonds is 5. The molecule has 0 fully saturated rings. The molecule has 0 saturated heterocycles. The average Bonchev–Trinajstić information content (AvgIpc) is 3.95. The molecule has 1 aliphatic heterocycles. The summed E-state index contributed by atoms with van der Waals surface area (Å²) in [6.07, 6.45) is -0.265. The highest BCUT2D eigenvalue weighted by Gasteiger charge is 2.22. The lowest BCUT2D eigenvalue weighted by atomic mass is 10.00. The van der Waals surface area contributed by atoms with Crippen molar-refractivity contribution >= 4 is 86.9 Å². The van der Waals surface area contributed by atoms with Gasteiger partial charge in [0.05, 0.1) is 11.0 Å². The predicted octanol–water partition coefficient (Wildman–Crippen LogP) is 13.2. The zero-order valence-corrected chi connectivity index (χ0v) is 31.4. The van der Waals surface area contributed by atoms with Gasteiger partial charge in [-0.25, -0.2) is 9.98 Å². The van der Waals surface area contributed by atoms with Crippen LogP contribution in [0.25, 0.3) is 80.7 Å². The smallest absolute Gasteiger partial charge is 0.159 e. The Labute approximate surface area is 331 Å². The van der Waals surface area contributed by atoms with E-state index in [-0.39, 0.29) is 6.17 Å². The Morgan fingerprint density at radius 1 is 0.509 bits per heavy atom. The molecule has 6 heteroatoms. The summed E-state index contributed by atoms with van der Waals surface area (Å²) < 4.78 is 11.6. The van der Waals surface area contributed by atoms with Gasteiger partial charge in [0.15, 0.2) is 5.84 Å². The van der Waals surface area contributed by atoms with Crippen molar-refractivity contribution < 1.29 is 4.42 Å². The third kappa shape index (κ3) is 5.15. The topological polar surface area (TPSA) is 54.8 Å². The Morgan fingerprint density at radius 3 is 1.95 bits per heavy atom. The van der Waals surface area contributed by atoms with Crippen molar-refractivity contribution in [1.82, 2.24) is 9.88 Å². The van der Waals surface area contributed by atoms with Crippen molar-refractivity contribution in [3.8, 4) is 16.8 Å². The van der Waals surface area contributed by atoms with E-state index in [0.29, 0.717) is 5.84 Å². The third-order valence-electron chi connectivity index (χ3n) is 11.3. The molecule has 0 aliphatic carbocycles. The first-order valence-electron chi connectivity index (χ1n) is 19.2. The zero-order chi connectivity index (χ0) is 37.5. The second-order valence-electron chi connectivity index (χ2n) is 14.6. The molecule has 1 atom stereocenters. The van der Waals surface area contributed by atoms with E-state index in [2.05, 4.69) is 155 Å². The summed E-state index contributed by atoms with van der Waals surface area (Å²) in [5.74, 6) is 1.48. The number of para-hydroxylation sites is 3. The molecule has 12 rings (SSSR count). The molecule has 8 aromatic carbocycles. The van der Waals surface area contributed by atoms with Crippen LogP contribution in [0.4, 0.5) is 0 Å². The summed E-state index contributed by atoms with van der Waals surface area (Å²) >= 11 is 1.84. The maximum Gasteiger partial charge on any atom is 0.159 e. The molecule has 5 nitrogen and oxygen atoms in total. The Kier molecular flexibility index (Phi) is 7.09. The van der Waals surface area contributed by atoms with Crippen LogP contribution in [0.15, 0.2) is 196 Å². The fraction of sp³-hybridized carbons (Fsp3) is 0.0196. The van der Waals surface area contributed by atoms with E-state index >= 15 is 0 Å². The van der Waals surface area contributed by atoms with Gasteiger partial charge in [-0.05, 0) is 71.8 Å². The van der Waals surface area contributed by atoms with E-state index < -0.39 is 0 Å². The highest BCUT2D eigenvalue weighted by atomic mass is 32.1. The summed E-state index contributed by atoms with van der Waals surface area (Å²) in [6.45, 7) is 0. The molecular formula is C51H32N4OS. The van der Waals surface area contributed by atoms with Gasteiger partial charge in [-0.3, -0.25) is 0 Å². The maximum atomic E-state index is 6.71. The first-order valence-corrected chi connectivity index (χ1v) is 20.0. The SMILES string of the molecule is c1ccc(C2=NC(c3ccccc3)NC(c3ccc4oc5c(-c6ccc7sc8ccc(-n9c%10ccccc%10c%10ccccc%109)cc8c7c6)cccc5c4c3)=N2)cc1. The molecule has 4 heterocycles. The van der Waals surface area contributed by atoms with Crippen LogP contribution in [-0.2, 0) is 0 Å². The molecule has 1 N–H and O–H groups in total. The molecule has 0 radical (unpaired) electrons. The molecule has 57 heavy (non-hydrogen) atoms. The monoisotopic (exact) mass is 748 g/mol. The molecule has 0 spiro atoms. The van der Waals surface area contributed by atoms with Crippen molar-refractivity contribution in [2.75, 3.05) is 0 Å². The minimum absolute atomic E-state index is 0.265. The van der Waals surface area contributed by atoms with Gasteiger partial charge < -0.3 is 14.3 Å². The lowest BCUT2D eigenvalue weighted by Gasteiger charge is -2.23. The number of amidine groups is 2. The molecular weight excluding hydrogens is 717 g/mol. The van der Waals surface area contributed by atoms with Crippen LogP contribution in [-0.4, -0.2) is 16.2 Å². The summed E-state index contributed by atoms with van der Waals surface area (Å²) in [5, 5.41) is 10.8. The number of furan rings is 1. The lowest BCUT2D eigenvalue weighted by Crippen LogP contribution is -2.33. The van der Waals surface area contributed by atoms with Crippen LogP contribution in [0.2, 0.25) is 0 Å².